The minimum absolute atomic E-state index is 0.0453. The molecular formula is C23H23BrN6O3S. The quantitative estimate of drug-likeness (QED) is 0.143. The molecule has 0 aliphatic carbocycles. The average Bonchev–Trinajstić information content (AvgIpc) is 3.18. The van der Waals surface area contributed by atoms with Gasteiger partial charge in [0, 0.05) is 23.7 Å². The second-order valence-electron chi connectivity index (χ2n) is 7.50. The van der Waals surface area contributed by atoms with Crippen LogP contribution >= 0.6 is 27.7 Å². The fourth-order valence-corrected chi connectivity index (χ4v) is 4.99. The molecule has 0 saturated heterocycles. The van der Waals surface area contributed by atoms with Gasteiger partial charge in [0.25, 0.3) is 0 Å². The zero-order chi connectivity index (χ0) is 24.7. The molecule has 0 radical (unpaired) electrons. The summed E-state index contributed by atoms with van der Waals surface area (Å²) in [5.74, 6) is -1.96. The number of ketones is 1. The monoisotopic (exact) mass is 542 g/mol. The first-order valence-corrected chi connectivity index (χ1v) is 12.2. The van der Waals surface area contributed by atoms with Crippen molar-refractivity contribution in [3.05, 3.63) is 52.8 Å². The van der Waals surface area contributed by atoms with Gasteiger partial charge < -0.3 is 16.6 Å². The summed E-state index contributed by atoms with van der Waals surface area (Å²) in [7, 11) is 0. The number of hydrogen-bond acceptors (Lipinski definition) is 6. The van der Waals surface area contributed by atoms with Crippen molar-refractivity contribution in [1.82, 2.24) is 9.55 Å². The number of nitriles is 1. The highest BCUT2D eigenvalue weighted by Crippen LogP contribution is 2.32. The van der Waals surface area contributed by atoms with Gasteiger partial charge in [-0.15, -0.1) is 0 Å². The van der Waals surface area contributed by atoms with Gasteiger partial charge in [-0.25, -0.2) is 4.98 Å². The predicted molar refractivity (Wildman–Crippen MR) is 135 cm³/mol. The van der Waals surface area contributed by atoms with Crippen molar-refractivity contribution in [1.29, 1.82) is 5.26 Å². The number of aliphatic imine (C=N–C) groups is 1. The van der Waals surface area contributed by atoms with Crippen LogP contribution < -0.4 is 11.5 Å². The van der Waals surface area contributed by atoms with Crippen LogP contribution in [0.25, 0.3) is 16.5 Å². The smallest absolute Gasteiger partial charge is 0.306 e. The highest BCUT2D eigenvalue weighted by molar-refractivity contribution is 9.10. The minimum Gasteiger partial charge on any atom is -0.481 e. The molecule has 3 rings (SSSR count). The Morgan fingerprint density at radius 3 is 2.65 bits per heavy atom. The maximum atomic E-state index is 12.6. The van der Waals surface area contributed by atoms with Crippen LogP contribution in [0.2, 0.25) is 0 Å². The van der Waals surface area contributed by atoms with E-state index in [1.54, 1.807) is 12.3 Å². The Morgan fingerprint density at radius 1 is 1.24 bits per heavy atom. The van der Waals surface area contributed by atoms with Crippen LogP contribution in [0.15, 0.2) is 57.3 Å². The highest BCUT2D eigenvalue weighted by Gasteiger charge is 2.22. The van der Waals surface area contributed by atoms with Gasteiger partial charge in [-0.1, -0.05) is 36.0 Å². The number of hydrogen-bond donors (Lipinski definition) is 3. The number of carbonyl (C=O) groups excluding carboxylic acids is 1. The zero-order valence-electron chi connectivity index (χ0n) is 18.1. The van der Waals surface area contributed by atoms with Crippen LogP contribution in [0.3, 0.4) is 0 Å². The molecule has 0 fully saturated rings. The first kappa shape index (κ1) is 25.3. The molecule has 0 spiro atoms. The van der Waals surface area contributed by atoms with E-state index in [2.05, 4.69) is 32.0 Å². The Bertz CT molecular complexity index is 1280. The fraction of sp³-hybridized carbons (Fsp3) is 0.261. The van der Waals surface area contributed by atoms with Gasteiger partial charge in [0.05, 0.1) is 35.2 Å². The fourth-order valence-electron chi connectivity index (χ4n) is 3.55. The summed E-state index contributed by atoms with van der Waals surface area (Å²) in [5.41, 5.74) is 11.9. The number of carboxylic acids is 1. The number of fused-ring (bicyclic) bond motifs is 1. The van der Waals surface area contributed by atoms with Crippen molar-refractivity contribution < 1.29 is 14.7 Å². The van der Waals surface area contributed by atoms with Crippen LogP contribution in [0.1, 0.15) is 24.8 Å². The van der Waals surface area contributed by atoms with Gasteiger partial charge in [0.1, 0.15) is 10.4 Å². The molecule has 176 valence electrons. The maximum absolute atomic E-state index is 12.6. The number of rotatable bonds is 11. The van der Waals surface area contributed by atoms with E-state index in [-0.39, 0.29) is 23.9 Å². The molecule has 0 bridgehead atoms. The first-order chi connectivity index (χ1) is 16.3. The number of nitrogens with two attached hydrogens (primary N) is 2. The highest BCUT2D eigenvalue weighted by atomic mass is 79.9. The second-order valence-corrected chi connectivity index (χ2v) is 9.26. The molecule has 1 atom stereocenters. The van der Waals surface area contributed by atoms with E-state index in [4.69, 9.17) is 11.5 Å². The zero-order valence-corrected chi connectivity index (χ0v) is 20.6. The second kappa shape index (κ2) is 11.7. The summed E-state index contributed by atoms with van der Waals surface area (Å²) in [4.78, 5) is 32.4. The first-order valence-electron chi connectivity index (χ1n) is 10.4. The molecule has 34 heavy (non-hydrogen) atoms. The number of aliphatic carboxylic acids is 1. The van der Waals surface area contributed by atoms with Crippen molar-refractivity contribution >= 4 is 56.2 Å². The van der Waals surface area contributed by atoms with Gasteiger partial charge in [0.2, 0.25) is 0 Å². The molecule has 0 aliphatic rings. The lowest BCUT2D eigenvalue weighted by atomic mass is 9.97. The molecule has 0 aliphatic heterocycles. The SMILES string of the molecule is N#Cc1ccc(-n2c(Br)cnc2SCC(=O)CC(CCCN=C(N)N)C(=O)O)c2ccccc12. The van der Waals surface area contributed by atoms with Crippen LogP contribution in [-0.4, -0.2) is 44.7 Å². The molecule has 1 unspecified atom stereocenters. The lowest BCUT2D eigenvalue weighted by Crippen LogP contribution is -2.23. The lowest BCUT2D eigenvalue weighted by Gasteiger charge is -2.13. The van der Waals surface area contributed by atoms with Crippen molar-refractivity contribution in [2.75, 3.05) is 12.3 Å². The largest absolute Gasteiger partial charge is 0.481 e. The predicted octanol–water partition coefficient (Wildman–Crippen LogP) is 3.47. The van der Waals surface area contributed by atoms with Crippen LogP contribution in [0.5, 0.6) is 0 Å². The molecule has 0 saturated carbocycles. The van der Waals surface area contributed by atoms with Crippen LogP contribution in [-0.2, 0) is 9.59 Å². The number of carbonyl (C=O) groups is 2. The summed E-state index contributed by atoms with van der Waals surface area (Å²) >= 11 is 4.75. The number of carboxylic acid groups (broad SMARTS) is 1. The van der Waals surface area contributed by atoms with Gasteiger partial charge in [-0.2, -0.15) is 5.26 Å². The summed E-state index contributed by atoms with van der Waals surface area (Å²) < 4.78 is 2.56. The van der Waals surface area contributed by atoms with Crippen molar-refractivity contribution in [2.45, 2.75) is 24.4 Å². The number of benzene rings is 2. The third-order valence-corrected chi connectivity index (χ3v) is 6.71. The lowest BCUT2D eigenvalue weighted by molar-refractivity contribution is -0.143. The Hall–Kier alpha value is -3.36. The van der Waals surface area contributed by atoms with E-state index < -0.39 is 11.9 Å². The van der Waals surface area contributed by atoms with Crippen molar-refractivity contribution in [3.63, 3.8) is 0 Å². The average molecular weight is 543 g/mol. The third kappa shape index (κ3) is 6.15. The van der Waals surface area contributed by atoms with Gasteiger partial charge in [-0.3, -0.25) is 19.1 Å². The van der Waals surface area contributed by atoms with E-state index in [1.807, 2.05) is 34.9 Å². The number of guanidine groups is 1. The van der Waals surface area contributed by atoms with E-state index in [1.165, 1.54) is 11.8 Å². The molecule has 11 heteroatoms. The van der Waals surface area contributed by atoms with Crippen molar-refractivity contribution in [3.8, 4) is 11.8 Å². The standard InChI is InChI=1S/C23H23BrN6O3S/c24-20-12-29-23(30(20)19-8-7-15(11-25)17-5-1-2-6-18(17)19)34-13-16(31)10-14(21(32)33)4-3-9-28-22(26)27/h1-2,5-8,12,14H,3-4,9-10,13H2,(H,32,33)(H4,26,27,28). The maximum Gasteiger partial charge on any atom is 0.306 e. The number of imidazole rings is 1. The summed E-state index contributed by atoms with van der Waals surface area (Å²) in [6.07, 6.45) is 2.34. The Morgan fingerprint density at radius 2 is 1.97 bits per heavy atom. The molecule has 3 aromatic rings. The molecule has 1 heterocycles. The summed E-state index contributed by atoms with van der Waals surface area (Å²) in [6, 6.07) is 13.4. The van der Waals surface area contributed by atoms with E-state index in [0.29, 0.717) is 34.7 Å². The summed E-state index contributed by atoms with van der Waals surface area (Å²) in [6.45, 7) is 0.319. The number of nitrogens with zero attached hydrogens (tertiary/aromatic N) is 4. The van der Waals surface area contributed by atoms with E-state index >= 15 is 0 Å². The van der Waals surface area contributed by atoms with E-state index in [0.717, 1.165) is 16.5 Å². The molecule has 2 aromatic carbocycles. The number of Topliss-reactive ketones (excluding diaryl/α,β-unsaturated/α-hetero) is 1. The molecular weight excluding hydrogens is 520 g/mol. The molecule has 1 aromatic heterocycles. The van der Waals surface area contributed by atoms with Crippen LogP contribution in [0, 0.1) is 17.2 Å². The number of halogens is 1. The van der Waals surface area contributed by atoms with Crippen LogP contribution in [0.4, 0.5) is 0 Å². The Labute approximate surface area is 209 Å². The van der Waals surface area contributed by atoms with Gasteiger partial charge in [-0.05, 0) is 40.9 Å². The van der Waals surface area contributed by atoms with E-state index in [9.17, 15) is 20.0 Å². The minimum atomic E-state index is -1.02. The Kier molecular flexibility index (Phi) is 8.67. The van der Waals surface area contributed by atoms with Crippen molar-refractivity contribution in [2.24, 2.45) is 22.4 Å². The topological polar surface area (TPSA) is 160 Å². The number of thioether (sulfide) groups is 1. The summed E-state index contributed by atoms with van der Waals surface area (Å²) in [5, 5.41) is 21.2. The van der Waals surface area contributed by atoms with Gasteiger partial charge >= 0.3 is 5.97 Å². The number of aromatic nitrogens is 2. The third-order valence-electron chi connectivity index (χ3n) is 5.14. The van der Waals surface area contributed by atoms with Gasteiger partial charge in [0.15, 0.2) is 11.1 Å². The molecule has 0 amide bonds. The molecule has 5 N–H and O–H groups in total. The normalized spacial score (nSPS) is 11.6. The Balaban J connectivity index is 1.74. The molecule has 9 nitrogen and oxygen atoms in total.